The van der Waals surface area contributed by atoms with Crippen LogP contribution in [0, 0.1) is 6.92 Å². The third kappa shape index (κ3) is 4.38. The smallest absolute Gasteiger partial charge is 0.340 e. The Balaban J connectivity index is 1.79. The fourth-order valence-corrected chi connectivity index (χ4v) is 3.06. The molecule has 0 aliphatic rings. The quantitative estimate of drug-likeness (QED) is 0.626. The van der Waals surface area contributed by atoms with Crippen LogP contribution < -0.4 is 5.14 Å². The summed E-state index contributed by atoms with van der Waals surface area (Å²) < 4.78 is 33.8. The lowest BCUT2D eigenvalue weighted by atomic mass is 10.1. The highest BCUT2D eigenvalue weighted by Crippen LogP contribution is 2.26. The summed E-state index contributed by atoms with van der Waals surface area (Å²) >= 11 is 5.98. The van der Waals surface area contributed by atoms with Gasteiger partial charge in [-0.25, -0.2) is 18.4 Å². The molecule has 0 amide bonds. The summed E-state index contributed by atoms with van der Waals surface area (Å²) in [7, 11) is -3.99. The van der Waals surface area contributed by atoms with E-state index >= 15 is 0 Å². The normalized spacial score (nSPS) is 12.6. The summed E-state index contributed by atoms with van der Waals surface area (Å²) in [6.07, 6.45) is -0.881. The Labute approximate surface area is 166 Å². The zero-order chi connectivity index (χ0) is 20.5. The standard InChI is InChI=1S/C18H16ClN3O5S/c1-10-3-5-12(6-4-10)17-22-21-16(27-17)11(2)26-18(23)14-9-13(28(20,24)25)7-8-15(14)19/h3-9,11H,1-2H3,(H2,20,24,25). The molecule has 0 saturated heterocycles. The first-order chi connectivity index (χ1) is 13.1. The minimum Gasteiger partial charge on any atom is -0.449 e. The maximum atomic E-state index is 12.4. The number of rotatable bonds is 5. The molecule has 0 aliphatic carbocycles. The Morgan fingerprint density at radius 1 is 1.18 bits per heavy atom. The molecular weight excluding hydrogens is 406 g/mol. The highest BCUT2D eigenvalue weighted by Gasteiger charge is 2.23. The zero-order valence-electron chi connectivity index (χ0n) is 14.9. The monoisotopic (exact) mass is 421 g/mol. The molecule has 0 radical (unpaired) electrons. The number of aryl methyl sites for hydroxylation is 1. The number of nitrogens with two attached hydrogens (primary N) is 1. The van der Waals surface area contributed by atoms with E-state index in [9.17, 15) is 13.2 Å². The van der Waals surface area contributed by atoms with Crippen LogP contribution in [0.5, 0.6) is 0 Å². The third-order valence-corrected chi connectivity index (χ3v) is 5.10. The number of primary sulfonamides is 1. The minimum atomic E-state index is -3.99. The molecule has 3 rings (SSSR count). The molecule has 0 bridgehead atoms. The van der Waals surface area contributed by atoms with Gasteiger partial charge < -0.3 is 9.15 Å². The summed E-state index contributed by atoms with van der Waals surface area (Å²) in [5, 5.41) is 13.0. The van der Waals surface area contributed by atoms with E-state index in [-0.39, 0.29) is 27.3 Å². The molecule has 28 heavy (non-hydrogen) atoms. The first kappa shape index (κ1) is 20.0. The van der Waals surface area contributed by atoms with Crippen molar-refractivity contribution in [2.45, 2.75) is 24.8 Å². The summed E-state index contributed by atoms with van der Waals surface area (Å²) in [4.78, 5) is 12.2. The molecule has 8 nitrogen and oxygen atoms in total. The predicted molar refractivity (Wildman–Crippen MR) is 101 cm³/mol. The van der Waals surface area contributed by atoms with Crippen molar-refractivity contribution in [3.63, 3.8) is 0 Å². The predicted octanol–water partition coefficient (Wildman–Crippen LogP) is 3.26. The molecule has 2 N–H and O–H groups in total. The molecule has 0 fully saturated rings. The van der Waals surface area contributed by atoms with Gasteiger partial charge in [0, 0.05) is 5.56 Å². The SMILES string of the molecule is Cc1ccc(-c2nnc(C(C)OC(=O)c3cc(S(N)(=O)=O)ccc3Cl)o2)cc1. The van der Waals surface area contributed by atoms with Gasteiger partial charge in [-0.05, 0) is 44.2 Å². The first-order valence-electron chi connectivity index (χ1n) is 8.09. The van der Waals surface area contributed by atoms with Crippen molar-refractivity contribution in [3.05, 3.63) is 64.5 Å². The topological polar surface area (TPSA) is 125 Å². The van der Waals surface area contributed by atoms with Gasteiger partial charge in [0.25, 0.3) is 5.89 Å². The molecule has 1 unspecified atom stereocenters. The van der Waals surface area contributed by atoms with Gasteiger partial charge in [-0.15, -0.1) is 10.2 Å². The first-order valence-corrected chi connectivity index (χ1v) is 10.0. The van der Waals surface area contributed by atoms with Crippen LogP contribution in [0.2, 0.25) is 5.02 Å². The Morgan fingerprint density at radius 2 is 1.86 bits per heavy atom. The molecule has 10 heteroatoms. The van der Waals surface area contributed by atoms with Crippen molar-refractivity contribution >= 4 is 27.6 Å². The van der Waals surface area contributed by atoms with Gasteiger partial charge >= 0.3 is 5.97 Å². The van der Waals surface area contributed by atoms with Gasteiger partial charge in [-0.3, -0.25) is 0 Å². The minimum absolute atomic E-state index is 0.0236. The van der Waals surface area contributed by atoms with Crippen molar-refractivity contribution in [1.82, 2.24) is 10.2 Å². The maximum absolute atomic E-state index is 12.4. The molecule has 1 aromatic heterocycles. The number of aromatic nitrogens is 2. The van der Waals surface area contributed by atoms with Gasteiger partial charge in [0.2, 0.25) is 15.9 Å². The Bertz CT molecular complexity index is 1130. The summed E-state index contributed by atoms with van der Waals surface area (Å²) in [6.45, 7) is 3.50. The number of halogens is 1. The van der Waals surface area contributed by atoms with E-state index in [0.29, 0.717) is 0 Å². The van der Waals surface area contributed by atoms with Crippen molar-refractivity contribution in [3.8, 4) is 11.5 Å². The Kier molecular flexibility index (Phi) is 5.50. The van der Waals surface area contributed by atoms with Crippen LogP contribution in [-0.2, 0) is 14.8 Å². The lowest BCUT2D eigenvalue weighted by Gasteiger charge is -2.11. The van der Waals surface area contributed by atoms with Crippen molar-refractivity contribution in [2.24, 2.45) is 5.14 Å². The molecule has 2 aromatic carbocycles. The van der Waals surface area contributed by atoms with E-state index in [1.807, 2.05) is 31.2 Å². The zero-order valence-corrected chi connectivity index (χ0v) is 16.5. The molecule has 0 saturated carbocycles. The molecule has 0 spiro atoms. The van der Waals surface area contributed by atoms with Crippen LogP contribution in [-0.4, -0.2) is 24.6 Å². The third-order valence-electron chi connectivity index (χ3n) is 3.86. The summed E-state index contributed by atoms with van der Waals surface area (Å²) in [6, 6.07) is 11.0. The highest BCUT2D eigenvalue weighted by molar-refractivity contribution is 7.89. The van der Waals surface area contributed by atoms with Crippen LogP contribution in [0.15, 0.2) is 51.8 Å². The van der Waals surface area contributed by atoms with Crippen molar-refractivity contribution in [1.29, 1.82) is 0 Å². The van der Waals surface area contributed by atoms with Crippen LogP contribution in [0.3, 0.4) is 0 Å². The van der Waals surface area contributed by atoms with E-state index < -0.39 is 22.1 Å². The Morgan fingerprint density at radius 3 is 2.50 bits per heavy atom. The number of hydrogen-bond donors (Lipinski definition) is 1. The summed E-state index contributed by atoms with van der Waals surface area (Å²) in [5.74, 6) is -0.479. The van der Waals surface area contributed by atoms with Crippen LogP contribution >= 0.6 is 11.6 Å². The second-order valence-corrected chi connectivity index (χ2v) is 8.01. The van der Waals surface area contributed by atoms with E-state index in [1.54, 1.807) is 6.92 Å². The van der Waals surface area contributed by atoms with Gasteiger partial charge in [0.15, 0.2) is 6.10 Å². The number of ether oxygens (including phenoxy) is 1. The average Bonchev–Trinajstić information content (AvgIpc) is 3.12. The number of sulfonamides is 1. The van der Waals surface area contributed by atoms with Gasteiger partial charge in [0.1, 0.15) is 0 Å². The van der Waals surface area contributed by atoms with E-state index in [1.165, 1.54) is 12.1 Å². The van der Waals surface area contributed by atoms with Crippen LogP contribution in [0.25, 0.3) is 11.5 Å². The van der Waals surface area contributed by atoms with Crippen molar-refractivity contribution in [2.75, 3.05) is 0 Å². The largest absolute Gasteiger partial charge is 0.449 e. The van der Waals surface area contributed by atoms with Crippen molar-refractivity contribution < 1.29 is 22.4 Å². The van der Waals surface area contributed by atoms with Gasteiger partial charge in [-0.1, -0.05) is 29.3 Å². The number of carbonyl (C=O) groups is 1. The molecular formula is C18H16ClN3O5S. The summed E-state index contributed by atoms with van der Waals surface area (Å²) in [5.41, 5.74) is 1.68. The lowest BCUT2D eigenvalue weighted by molar-refractivity contribution is 0.0280. The van der Waals surface area contributed by atoms with E-state index in [2.05, 4.69) is 10.2 Å². The van der Waals surface area contributed by atoms with E-state index in [4.69, 9.17) is 25.9 Å². The molecule has 0 aliphatic heterocycles. The number of hydrogen-bond acceptors (Lipinski definition) is 7. The molecule has 1 heterocycles. The Hall–Kier alpha value is -2.75. The van der Waals surface area contributed by atoms with Gasteiger partial charge in [-0.2, -0.15) is 0 Å². The fourth-order valence-electron chi connectivity index (χ4n) is 2.32. The molecule has 1 atom stereocenters. The maximum Gasteiger partial charge on any atom is 0.340 e. The molecule has 146 valence electrons. The second-order valence-electron chi connectivity index (χ2n) is 6.05. The molecule has 3 aromatic rings. The number of carbonyl (C=O) groups excluding carboxylic acids is 1. The fraction of sp³-hybridized carbons (Fsp3) is 0.167. The lowest BCUT2D eigenvalue weighted by Crippen LogP contribution is -2.15. The number of nitrogens with zero attached hydrogens (tertiary/aromatic N) is 2. The van der Waals surface area contributed by atoms with Crippen LogP contribution in [0.4, 0.5) is 0 Å². The second kappa shape index (κ2) is 7.70. The van der Waals surface area contributed by atoms with Gasteiger partial charge in [0.05, 0.1) is 15.5 Å². The number of benzene rings is 2. The average molecular weight is 422 g/mol. The van der Waals surface area contributed by atoms with E-state index in [0.717, 1.165) is 17.2 Å². The number of esters is 1. The van der Waals surface area contributed by atoms with Crippen LogP contribution in [0.1, 0.15) is 34.8 Å². The highest BCUT2D eigenvalue weighted by atomic mass is 35.5.